The highest BCUT2D eigenvalue weighted by atomic mass is 16.3. The lowest BCUT2D eigenvalue weighted by molar-refractivity contribution is -0.123. The van der Waals surface area contributed by atoms with Crippen molar-refractivity contribution >= 4 is 5.91 Å². The first-order valence-electron chi connectivity index (χ1n) is 21.3. The van der Waals surface area contributed by atoms with Gasteiger partial charge in [0, 0.05) is 6.42 Å². The summed E-state index contributed by atoms with van der Waals surface area (Å²) in [5.41, 5.74) is 0. The first-order valence-corrected chi connectivity index (χ1v) is 21.3. The van der Waals surface area contributed by atoms with E-state index in [0.29, 0.717) is 12.8 Å². The van der Waals surface area contributed by atoms with Gasteiger partial charge in [0.15, 0.2) is 0 Å². The Labute approximate surface area is 305 Å². The average molecular weight is 686 g/mol. The van der Waals surface area contributed by atoms with Crippen LogP contribution in [-0.2, 0) is 4.79 Å². The Kier molecular flexibility index (Phi) is 39.4. The number of amides is 1. The van der Waals surface area contributed by atoms with Crippen LogP contribution in [0.5, 0.6) is 0 Å². The van der Waals surface area contributed by atoms with Crippen LogP contribution in [-0.4, -0.2) is 34.9 Å². The second-order valence-corrected chi connectivity index (χ2v) is 14.4. The summed E-state index contributed by atoms with van der Waals surface area (Å²) in [6.45, 7) is 4.19. The summed E-state index contributed by atoms with van der Waals surface area (Å²) in [6, 6.07) is -0.531. The van der Waals surface area contributed by atoms with Crippen molar-refractivity contribution in [1.29, 1.82) is 0 Å². The Balaban J connectivity index is 3.39. The molecule has 2 atom stereocenters. The predicted octanol–water partition coefficient (Wildman–Crippen LogP) is 13.2. The van der Waals surface area contributed by atoms with Crippen LogP contribution >= 0.6 is 0 Å². The van der Waals surface area contributed by atoms with Crippen LogP contribution in [0.2, 0.25) is 0 Å². The Hall–Kier alpha value is -1.65. The zero-order chi connectivity index (χ0) is 35.7. The Morgan fingerprint density at radius 3 is 1.35 bits per heavy atom. The maximum Gasteiger partial charge on any atom is 0.220 e. The van der Waals surface area contributed by atoms with Gasteiger partial charge in [0.05, 0.1) is 18.8 Å². The monoisotopic (exact) mass is 686 g/mol. The molecule has 0 bridgehead atoms. The lowest BCUT2D eigenvalue weighted by Crippen LogP contribution is -2.45. The Morgan fingerprint density at radius 2 is 0.898 bits per heavy atom. The van der Waals surface area contributed by atoms with Gasteiger partial charge in [0.1, 0.15) is 0 Å². The molecular formula is C45H83NO3. The van der Waals surface area contributed by atoms with Crippen molar-refractivity contribution in [1.82, 2.24) is 5.32 Å². The van der Waals surface area contributed by atoms with E-state index in [1.165, 1.54) is 135 Å². The molecule has 0 aliphatic heterocycles. The van der Waals surface area contributed by atoms with Gasteiger partial charge < -0.3 is 15.5 Å². The van der Waals surface area contributed by atoms with E-state index in [9.17, 15) is 15.0 Å². The molecule has 0 heterocycles. The molecule has 0 fully saturated rings. The molecule has 0 aliphatic rings. The van der Waals surface area contributed by atoms with E-state index in [4.69, 9.17) is 0 Å². The lowest BCUT2D eigenvalue weighted by Gasteiger charge is -2.22. The second kappa shape index (κ2) is 40.8. The van der Waals surface area contributed by atoms with Crippen molar-refractivity contribution in [2.24, 2.45) is 0 Å². The van der Waals surface area contributed by atoms with Crippen LogP contribution in [0.4, 0.5) is 0 Å². The SMILES string of the molecule is CC/C=C\C/C=C\C/C=C\C/C=C\CCCCCCCCCCCCCCCCCCCCC(=O)NC(CO)C(O)CCCCCCCC. The van der Waals surface area contributed by atoms with Crippen LogP contribution in [0.25, 0.3) is 0 Å². The number of hydrogen-bond donors (Lipinski definition) is 3. The zero-order valence-electron chi connectivity index (χ0n) is 32.7. The molecule has 286 valence electrons. The highest BCUT2D eigenvalue weighted by molar-refractivity contribution is 5.76. The molecular weight excluding hydrogens is 602 g/mol. The maximum absolute atomic E-state index is 12.3. The number of unbranched alkanes of at least 4 members (excludes halogenated alkanes) is 23. The smallest absolute Gasteiger partial charge is 0.220 e. The lowest BCUT2D eigenvalue weighted by atomic mass is 10.0. The summed E-state index contributed by atoms with van der Waals surface area (Å²) in [5.74, 6) is -0.0368. The van der Waals surface area contributed by atoms with Gasteiger partial charge in [0.25, 0.3) is 0 Å². The van der Waals surface area contributed by atoms with E-state index < -0.39 is 12.1 Å². The van der Waals surface area contributed by atoms with Crippen molar-refractivity contribution in [3.8, 4) is 0 Å². The van der Waals surface area contributed by atoms with Crippen LogP contribution in [0.15, 0.2) is 48.6 Å². The molecule has 0 rings (SSSR count). The van der Waals surface area contributed by atoms with Crippen molar-refractivity contribution in [3.63, 3.8) is 0 Å². The third-order valence-corrected chi connectivity index (χ3v) is 9.60. The summed E-state index contributed by atoms with van der Waals surface area (Å²) in [5, 5.41) is 22.9. The minimum atomic E-state index is -0.654. The van der Waals surface area contributed by atoms with Gasteiger partial charge in [-0.05, 0) is 51.4 Å². The molecule has 0 spiro atoms. The van der Waals surface area contributed by atoms with E-state index in [2.05, 4.69) is 67.8 Å². The van der Waals surface area contributed by atoms with Crippen LogP contribution in [0.3, 0.4) is 0 Å². The fourth-order valence-corrected chi connectivity index (χ4v) is 6.35. The molecule has 1 amide bonds. The second-order valence-electron chi connectivity index (χ2n) is 14.4. The molecule has 4 nitrogen and oxygen atoms in total. The third kappa shape index (κ3) is 37.4. The number of aliphatic hydroxyl groups is 2. The number of nitrogens with one attached hydrogen (secondary N) is 1. The molecule has 2 unspecified atom stereocenters. The normalized spacial score (nSPS) is 13.5. The minimum Gasteiger partial charge on any atom is -0.394 e. The van der Waals surface area contributed by atoms with E-state index in [0.717, 1.165) is 51.4 Å². The fraction of sp³-hybridized carbons (Fsp3) is 0.800. The van der Waals surface area contributed by atoms with E-state index >= 15 is 0 Å². The number of aliphatic hydroxyl groups excluding tert-OH is 2. The molecule has 0 radical (unpaired) electrons. The summed E-state index contributed by atoms with van der Waals surface area (Å²) >= 11 is 0. The molecule has 49 heavy (non-hydrogen) atoms. The largest absolute Gasteiger partial charge is 0.394 e. The van der Waals surface area contributed by atoms with Crippen molar-refractivity contribution in [3.05, 3.63) is 48.6 Å². The standard InChI is InChI=1S/C45H83NO3/c1-3-5-7-9-11-12-13-14-15-16-17-18-19-20-21-22-23-24-25-26-27-28-29-30-31-32-33-34-35-37-39-41-45(49)46-43(42-47)44(48)40-38-36-10-8-6-4-2/h5,7,11-12,14-15,17-18,43-44,47-48H,3-4,6,8-10,13,16,19-42H2,1-2H3,(H,46,49)/b7-5-,12-11-,15-14-,18-17-. The quantitative estimate of drug-likeness (QED) is 0.0447. The van der Waals surface area contributed by atoms with Crippen molar-refractivity contribution < 1.29 is 15.0 Å². The Bertz CT molecular complexity index is 786. The fourth-order valence-electron chi connectivity index (χ4n) is 6.35. The number of carbonyl (C=O) groups excluding carboxylic acids is 1. The van der Waals surface area contributed by atoms with Gasteiger partial charge in [-0.3, -0.25) is 4.79 Å². The number of rotatable bonds is 38. The molecule has 4 heteroatoms. The molecule has 0 aromatic carbocycles. The van der Waals surface area contributed by atoms with Gasteiger partial charge in [-0.15, -0.1) is 0 Å². The van der Waals surface area contributed by atoms with Crippen molar-refractivity contribution in [2.75, 3.05) is 6.61 Å². The number of allylic oxidation sites excluding steroid dienone is 8. The van der Waals surface area contributed by atoms with Gasteiger partial charge in [-0.1, -0.05) is 204 Å². The first kappa shape index (κ1) is 47.4. The van der Waals surface area contributed by atoms with Gasteiger partial charge in [0.2, 0.25) is 5.91 Å². The van der Waals surface area contributed by atoms with Crippen molar-refractivity contribution in [2.45, 2.75) is 225 Å². The minimum absolute atomic E-state index is 0.0368. The molecule has 0 saturated heterocycles. The molecule has 0 aromatic heterocycles. The van der Waals surface area contributed by atoms with Crippen LogP contribution in [0.1, 0.15) is 213 Å². The maximum atomic E-state index is 12.3. The van der Waals surface area contributed by atoms with Crippen LogP contribution in [0, 0.1) is 0 Å². The highest BCUT2D eigenvalue weighted by Crippen LogP contribution is 2.15. The molecule has 0 saturated carbocycles. The Morgan fingerprint density at radius 1 is 0.510 bits per heavy atom. The van der Waals surface area contributed by atoms with Gasteiger partial charge in [-0.2, -0.15) is 0 Å². The molecule has 3 N–H and O–H groups in total. The zero-order valence-corrected chi connectivity index (χ0v) is 32.7. The van der Waals surface area contributed by atoms with E-state index in [-0.39, 0.29) is 12.5 Å². The summed E-state index contributed by atoms with van der Waals surface area (Å²) in [6.07, 6.45) is 55.1. The molecule has 0 aliphatic carbocycles. The topological polar surface area (TPSA) is 69.6 Å². The first-order chi connectivity index (χ1) is 24.2. The highest BCUT2D eigenvalue weighted by Gasteiger charge is 2.19. The summed E-state index contributed by atoms with van der Waals surface area (Å²) < 4.78 is 0. The number of hydrogen-bond acceptors (Lipinski definition) is 3. The molecule has 0 aromatic rings. The van der Waals surface area contributed by atoms with E-state index in [1.54, 1.807) is 0 Å². The third-order valence-electron chi connectivity index (χ3n) is 9.60. The summed E-state index contributed by atoms with van der Waals surface area (Å²) in [4.78, 5) is 12.3. The van der Waals surface area contributed by atoms with E-state index in [1.807, 2.05) is 0 Å². The number of carbonyl (C=O) groups is 1. The van der Waals surface area contributed by atoms with Crippen LogP contribution < -0.4 is 5.32 Å². The average Bonchev–Trinajstić information content (AvgIpc) is 3.10. The van der Waals surface area contributed by atoms with Gasteiger partial charge >= 0.3 is 0 Å². The summed E-state index contributed by atoms with van der Waals surface area (Å²) in [7, 11) is 0. The van der Waals surface area contributed by atoms with Gasteiger partial charge in [-0.25, -0.2) is 0 Å². The predicted molar refractivity (Wildman–Crippen MR) is 216 cm³/mol.